The summed E-state index contributed by atoms with van der Waals surface area (Å²) in [5.41, 5.74) is 7.66. The summed E-state index contributed by atoms with van der Waals surface area (Å²) >= 11 is 0. The van der Waals surface area contributed by atoms with Gasteiger partial charge in [-0.1, -0.05) is 20.8 Å². The maximum absolute atomic E-state index is 6.59. The van der Waals surface area contributed by atoms with Crippen molar-refractivity contribution < 1.29 is 4.43 Å². The lowest BCUT2D eigenvalue weighted by Crippen LogP contribution is -2.42. The van der Waals surface area contributed by atoms with Crippen molar-refractivity contribution in [2.45, 2.75) is 57.8 Å². The van der Waals surface area contributed by atoms with E-state index in [1.54, 1.807) is 6.20 Å². The Morgan fingerprint density at radius 2 is 2.00 bits per heavy atom. The number of anilines is 1. The van der Waals surface area contributed by atoms with E-state index < -0.39 is 8.32 Å². The lowest BCUT2D eigenvalue weighted by Gasteiger charge is -2.39. The van der Waals surface area contributed by atoms with E-state index in [0.717, 1.165) is 11.4 Å². The molecule has 1 heterocycles. The molecule has 19 heavy (non-hydrogen) atoms. The van der Waals surface area contributed by atoms with E-state index in [1.807, 2.05) is 12.1 Å². The summed E-state index contributed by atoms with van der Waals surface area (Å²) in [6.07, 6.45) is 4.41. The average molecular weight is 278 g/mol. The third-order valence-electron chi connectivity index (χ3n) is 4.37. The van der Waals surface area contributed by atoms with E-state index in [0.29, 0.717) is 5.92 Å². The predicted molar refractivity (Wildman–Crippen MR) is 82.4 cm³/mol. The first kappa shape index (κ1) is 14.5. The van der Waals surface area contributed by atoms with Crippen LogP contribution in [-0.4, -0.2) is 13.3 Å². The average Bonchev–Trinajstić information content (AvgIpc) is 3.08. The van der Waals surface area contributed by atoms with Crippen molar-refractivity contribution in [2.75, 3.05) is 5.73 Å². The molecule has 1 aromatic heterocycles. The highest BCUT2D eigenvalue weighted by atomic mass is 28.4. The molecule has 1 unspecified atom stereocenters. The first-order valence-electron chi connectivity index (χ1n) is 7.10. The summed E-state index contributed by atoms with van der Waals surface area (Å²) in [6.45, 7) is 11.4. The van der Waals surface area contributed by atoms with Crippen molar-refractivity contribution in [1.82, 2.24) is 4.98 Å². The first-order valence-corrected chi connectivity index (χ1v) is 10.0. The Morgan fingerprint density at radius 1 is 1.37 bits per heavy atom. The second-order valence-electron chi connectivity index (χ2n) is 7.15. The molecular formula is C15H26N2OSi. The minimum absolute atomic E-state index is 0.129. The van der Waals surface area contributed by atoms with Gasteiger partial charge in [0.05, 0.1) is 11.8 Å². The molecule has 1 saturated carbocycles. The van der Waals surface area contributed by atoms with Crippen molar-refractivity contribution in [3.05, 3.63) is 24.0 Å². The molecule has 0 aromatic carbocycles. The van der Waals surface area contributed by atoms with Crippen LogP contribution in [0.3, 0.4) is 0 Å². The third kappa shape index (κ3) is 3.36. The van der Waals surface area contributed by atoms with E-state index in [-0.39, 0.29) is 11.1 Å². The van der Waals surface area contributed by atoms with Crippen LogP contribution < -0.4 is 5.73 Å². The fourth-order valence-electron chi connectivity index (χ4n) is 1.91. The van der Waals surface area contributed by atoms with Gasteiger partial charge in [0.25, 0.3) is 0 Å². The number of rotatable bonds is 4. The lowest BCUT2D eigenvalue weighted by atomic mass is 10.1. The van der Waals surface area contributed by atoms with Crippen LogP contribution in [0.25, 0.3) is 0 Å². The Labute approximate surface area is 117 Å². The molecule has 0 saturated heterocycles. The topological polar surface area (TPSA) is 48.1 Å². The summed E-state index contributed by atoms with van der Waals surface area (Å²) in [4.78, 5) is 4.48. The molecule has 2 rings (SSSR count). The predicted octanol–water partition coefficient (Wildman–Crippen LogP) is 4.14. The van der Waals surface area contributed by atoms with E-state index in [1.165, 1.54) is 12.8 Å². The molecule has 106 valence electrons. The third-order valence-corrected chi connectivity index (χ3v) is 8.83. The molecule has 0 spiro atoms. The van der Waals surface area contributed by atoms with E-state index in [9.17, 15) is 0 Å². The Balaban J connectivity index is 2.23. The smallest absolute Gasteiger partial charge is 0.193 e. The number of aromatic nitrogens is 1. The van der Waals surface area contributed by atoms with Gasteiger partial charge in [0.15, 0.2) is 8.32 Å². The summed E-state index contributed by atoms with van der Waals surface area (Å²) in [7, 11) is -1.77. The van der Waals surface area contributed by atoms with E-state index in [4.69, 9.17) is 10.2 Å². The Kier molecular flexibility index (Phi) is 3.75. The largest absolute Gasteiger partial charge is 0.408 e. The highest BCUT2D eigenvalue weighted by molar-refractivity contribution is 6.74. The van der Waals surface area contributed by atoms with Crippen LogP contribution in [-0.2, 0) is 4.43 Å². The normalized spacial score (nSPS) is 18.4. The molecule has 0 bridgehead atoms. The molecule has 1 aliphatic rings. The zero-order valence-corrected chi connectivity index (χ0v) is 13.7. The van der Waals surface area contributed by atoms with Crippen LogP contribution in [0.4, 0.5) is 5.69 Å². The summed E-state index contributed by atoms with van der Waals surface area (Å²) < 4.78 is 6.59. The zero-order valence-electron chi connectivity index (χ0n) is 12.7. The summed E-state index contributed by atoms with van der Waals surface area (Å²) in [5, 5.41) is 0.223. The first-order chi connectivity index (χ1) is 8.71. The highest BCUT2D eigenvalue weighted by Gasteiger charge is 2.43. The molecule has 1 aliphatic carbocycles. The molecule has 1 fully saturated rings. The van der Waals surface area contributed by atoms with Crippen LogP contribution in [0.15, 0.2) is 18.3 Å². The monoisotopic (exact) mass is 278 g/mol. The Hall–Kier alpha value is -0.873. The van der Waals surface area contributed by atoms with Crippen LogP contribution in [0.2, 0.25) is 18.1 Å². The number of hydrogen-bond donors (Lipinski definition) is 1. The van der Waals surface area contributed by atoms with Gasteiger partial charge in [0.2, 0.25) is 0 Å². The molecular weight excluding hydrogens is 252 g/mol. The number of nitrogens with zero attached hydrogens (tertiary/aromatic N) is 1. The minimum Gasteiger partial charge on any atom is -0.408 e. The highest BCUT2D eigenvalue weighted by Crippen LogP contribution is 2.48. The molecule has 0 radical (unpaired) electrons. The van der Waals surface area contributed by atoms with E-state index >= 15 is 0 Å². The van der Waals surface area contributed by atoms with Gasteiger partial charge in [-0.15, -0.1) is 0 Å². The van der Waals surface area contributed by atoms with Crippen molar-refractivity contribution in [3.63, 3.8) is 0 Å². The number of nitrogens with two attached hydrogens (primary N) is 1. The Morgan fingerprint density at radius 3 is 2.47 bits per heavy atom. The van der Waals surface area contributed by atoms with Gasteiger partial charge in [-0.25, -0.2) is 0 Å². The van der Waals surface area contributed by atoms with Gasteiger partial charge >= 0.3 is 0 Å². The fraction of sp³-hybridized carbons (Fsp3) is 0.667. The standard InChI is InChI=1S/C15H26N2OSi/c1-15(2,3)19(4,5)18-14(11-6-7-11)13-10-12(16)8-9-17-13/h8-11,14H,6-7H2,1-5H3,(H2,16,17). The van der Waals surface area contributed by atoms with Crippen LogP contribution >= 0.6 is 0 Å². The van der Waals surface area contributed by atoms with Crippen molar-refractivity contribution in [3.8, 4) is 0 Å². The maximum atomic E-state index is 6.59. The molecule has 1 atom stereocenters. The molecule has 2 N–H and O–H groups in total. The number of nitrogen functional groups attached to an aromatic ring is 1. The van der Waals surface area contributed by atoms with Gasteiger partial charge in [0, 0.05) is 11.9 Å². The van der Waals surface area contributed by atoms with Gasteiger partial charge in [0.1, 0.15) is 0 Å². The molecule has 4 heteroatoms. The second kappa shape index (κ2) is 4.91. The summed E-state index contributed by atoms with van der Waals surface area (Å²) in [6, 6.07) is 3.80. The zero-order chi connectivity index (χ0) is 14.3. The van der Waals surface area contributed by atoms with Gasteiger partial charge < -0.3 is 10.2 Å². The van der Waals surface area contributed by atoms with Crippen LogP contribution in [0, 0.1) is 5.92 Å². The SMILES string of the molecule is CC(C)(C)[Si](C)(C)OC(c1cc(N)ccn1)C1CC1. The fourth-order valence-corrected chi connectivity index (χ4v) is 3.21. The number of pyridine rings is 1. The molecule has 3 nitrogen and oxygen atoms in total. The van der Waals surface area contributed by atoms with Crippen LogP contribution in [0.5, 0.6) is 0 Å². The van der Waals surface area contributed by atoms with Crippen molar-refractivity contribution in [1.29, 1.82) is 0 Å². The van der Waals surface area contributed by atoms with E-state index in [2.05, 4.69) is 38.8 Å². The quantitative estimate of drug-likeness (QED) is 0.842. The Bertz CT molecular complexity index is 450. The molecule has 0 aliphatic heterocycles. The lowest BCUT2D eigenvalue weighted by molar-refractivity contribution is 0.156. The summed E-state index contributed by atoms with van der Waals surface area (Å²) in [5.74, 6) is 0.628. The van der Waals surface area contributed by atoms with Gasteiger partial charge in [-0.3, -0.25) is 4.98 Å². The molecule has 1 aromatic rings. The van der Waals surface area contributed by atoms with Crippen molar-refractivity contribution in [2.24, 2.45) is 5.92 Å². The van der Waals surface area contributed by atoms with Crippen LogP contribution in [0.1, 0.15) is 45.4 Å². The molecule has 0 amide bonds. The van der Waals surface area contributed by atoms with Crippen molar-refractivity contribution >= 4 is 14.0 Å². The number of hydrogen-bond acceptors (Lipinski definition) is 3. The second-order valence-corrected chi connectivity index (χ2v) is 11.9. The van der Waals surface area contributed by atoms with Gasteiger partial charge in [-0.05, 0) is 49.0 Å². The maximum Gasteiger partial charge on any atom is 0.193 e. The van der Waals surface area contributed by atoms with Gasteiger partial charge in [-0.2, -0.15) is 0 Å². The minimum atomic E-state index is -1.77.